The van der Waals surface area contributed by atoms with Crippen LogP contribution >= 0.6 is 0 Å². The lowest BCUT2D eigenvalue weighted by Gasteiger charge is -2.19. The molecule has 4 rings (SSSR count). The summed E-state index contributed by atoms with van der Waals surface area (Å²) in [6, 6.07) is 12.7. The van der Waals surface area contributed by atoms with Gasteiger partial charge in [0.15, 0.2) is 0 Å². The summed E-state index contributed by atoms with van der Waals surface area (Å²) < 4.78 is 0. The maximum atomic E-state index is 13.1. The smallest absolute Gasteiger partial charge is 0.260 e. The van der Waals surface area contributed by atoms with Gasteiger partial charge in [0.25, 0.3) is 5.91 Å². The van der Waals surface area contributed by atoms with Crippen molar-refractivity contribution in [1.82, 2.24) is 4.90 Å². The van der Waals surface area contributed by atoms with Crippen molar-refractivity contribution in [3.05, 3.63) is 70.4 Å². The molecule has 1 atom stereocenters. The Bertz CT molecular complexity index is 975. The Labute approximate surface area is 161 Å². The second-order valence-corrected chi connectivity index (χ2v) is 8.70. The van der Waals surface area contributed by atoms with Gasteiger partial charge in [-0.1, -0.05) is 45.0 Å². The monoisotopic (exact) mass is 358 g/mol. The van der Waals surface area contributed by atoms with Crippen LogP contribution in [0.3, 0.4) is 0 Å². The van der Waals surface area contributed by atoms with Crippen LogP contribution in [-0.2, 0) is 5.41 Å². The van der Waals surface area contributed by atoms with Crippen LogP contribution in [0.5, 0.6) is 0 Å². The average Bonchev–Trinajstić information content (AvgIpc) is 3.01. The number of hydrogen-bond acceptors (Lipinski definition) is 2. The first-order chi connectivity index (χ1) is 12.7. The van der Waals surface area contributed by atoms with E-state index in [0.717, 1.165) is 23.2 Å². The predicted molar refractivity (Wildman–Crippen MR) is 112 cm³/mol. The van der Waals surface area contributed by atoms with E-state index < -0.39 is 0 Å². The number of amides is 1. The van der Waals surface area contributed by atoms with Gasteiger partial charge in [0.2, 0.25) is 0 Å². The van der Waals surface area contributed by atoms with Crippen molar-refractivity contribution in [3.8, 4) is 0 Å². The third kappa shape index (κ3) is 3.12. The van der Waals surface area contributed by atoms with Crippen molar-refractivity contribution >= 4 is 23.4 Å². The number of fused-ring (bicyclic) bond motifs is 2. The molecule has 0 radical (unpaired) electrons. The van der Waals surface area contributed by atoms with Crippen LogP contribution in [0, 0.1) is 13.8 Å². The Morgan fingerprint density at radius 3 is 2.37 bits per heavy atom. The van der Waals surface area contributed by atoms with E-state index in [1.54, 1.807) is 0 Å². The first kappa shape index (κ1) is 17.7. The van der Waals surface area contributed by atoms with Gasteiger partial charge in [0.05, 0.1) is 17.3 Å². The summed E-state index contributed by atoms with van der Waals surface area (Å²) in [5.41, 5.74) is 7.58. The Hall–Kier alpha value is -2.68. The van der Waals surface area contributed by atoms with Crippen LogP contribution in [0.4, 0.5) is 5.69 Å². The second kappa shape index (κ2) is 6.19. The zero-order chi connectivity index (χ0) is 19.3. The molecule has 1 amide bonds. The van der Waals surface area contributed by atoms with Crippen molar-refractivity contribution in [2.75, 3.05) is 0 Å². The van der Waals surface area contributed by atoms with Crippen molar-refractivity contribution < 1.29 is 4.79 Å². The number of carbonyl (C=O) groups excluding carboxylic acids is 1. The number of carbonyl (C=O) groups is 1. The number of benzene rings is 2. The highest BCUT2D eigenvalue weighted by Gasteiger charge is 2.32. The fourth-order valence-electron chi connectivity index (χ4n) is 3.73. The minimum absolute atomic E-state index is 0.0113. The molecular weight excluding hydrogens is 332 g/mol. The Morgan fingerprint density at radius 1 is 1.04 bits per heavy atom. The second-order valence-electron chi connectivity index (χ2n) is 8.70. The highest BCUT2D eigenvalue weighted by atomic mass is 16.2. The number of hydrogen-bond donors (Lipinski definition) is 0. The van der Waals surface area contributed by atoms with Gasteiger partial charge in [0.1, 0.15) is 0 Å². The molecule has 27 heavy (non-hydrogen) atoms. The lowest BCUT2D eigenvalue weighted by Crippen LogP contribution is -2.32. The molecular formula is C24H26N2O. The van der Waals surface area contributed by atoms with E-state index in [1.807, 2.05) is 36.4 Å². The molecule has 138 valence electrons. The maximum Gasteiger partial charge on any atom is 0.260 e. The van der Waals surface area contributed by atoms with Crippen LogP contribution in [0.25, 0.3) is 5.57 Å². The summed E-state index contributed by atoms with van der Waals surface area (Å²) in [6.45, 7) is 10.8. The van der Waals surface area contributed by atoms with E-state index in [9.17, 15) is 4.79 Å². The van der Waals surface area contributed by atoms with Crippen molar-refractivity contribution in [3.63, 3.8) is 0 Å². The van der Waals surface area contributed by atoms with Gasteiger partial charge in [0, 0.05) is 18.8 Å². The van der Waals surface area contributed by atoms with Gasteiger partial charge in [-0.3, -0.25) is 9.79 Å². The van der Waals surface area contributed by atoms with Crippen LogP contribution in [0.1, 0.15) is 59.8 Å². The number of rotatable bonds is 1. The summed E-state index contributed by atoms with van der Waals surface area (Å²) >= 11 is 0. The predicted octanol–water partition coefficient (Wildman–Crippen LogP) is 5.57. The summed E-state index contributed by atoms with van der Waals surface area (Å²) in [5, 5.41) is 0. The molecule has 2 heterocycles. The van der Waals surface area contributed by atoms with Crippen LogP contribution in [-0.4, -0.2) is 23.1 Å². The molecule has 0 aliphatic carbocycles. The van der Waals surface area contributed by atoms with Crippen LogP contribution in [0.2, 0.25) is 0 Å². The van der Waals surface area contributed by atoms with E-state index >= 15 is 0 Å². The fourth-order valence-corrected chi connectivity index (χ4v) is 3.73. The standard InChI is InChI=1S/C24H26N2O/c1-15-10-21-22(11-16(15)2)25-13-20-12-18(14-26(20)23(21)27)17-6-8-19(9-7-17)24(3,4)5/h6-11,13-14,20H,12H2,1-5H3. The normalized spacial score (nSPS) is 18.9. The molecule has 0 bridgehead atoms. The molecule has 0 aromatic heterocycles. The molecule has 2 aliphatic rings. The topological polar surface area (TPSA) is 32.7 Å². The molecule has 0 saturated heterocycles. The third-order valence-corrected chi connectivity index (χ3v) is 5.67. The minimum atomic E-state index is -0.0113. The van der Waals surface area contributed by atoms with Gasteiger partial charge in [-0.15, -0.1) is 0 Å². The van der Waals surface area contributed by atoms with E-state index in [0.29, 0.717) is 5.56 Å². The zero-order valence-electron chi connectivity index (χ0n) is 16.7. The Kier molecular flexibility index (Phi) is 4.06. The minimum Gasteiger partial charge on any atom is -0.306 e. The molecule has 2 aromatic carbocycles. The largest absolute Gasteiger partial charge is 0.306 e. The molecule has 2 aliphatic heterocycles. The van der Waals surface area contributed by atoms with Gasteiger partial charge < -0.3 is 4.90 Å². The molecule has 0 N–H and O–H groups in total. The number of nitrogens with zero attached hydrogens (tertiary/aromatic N) is 2. The van der Waals surface area contributed by atoms with E-state index in [2.05, 4.69) is 57.0 Å². The SMILES string of the molecule is Cc1cc2c(cc1C)C(=O)N1C=C(c3ccc(C(C)(C)C)cc3)CC1C=N2. The molecule has 0 spiro atoms. The van der Waals surface area contributed by atoms with E-state index in [-0.39, 0.29) is 17.4 Å². The van der Waals surface area contributed by atoms with E-state index in [1.165, 1.54) is 16.7 Å². The number of aliphatic imine (C=N–C) groups is 1. The summed E-state index contributed by atoms with van der Waals surface area (Å²) in [5.74, 6) is 0.0388. The molecule has 0 saturated carbocycles. The van der Waals surface area contributed by atoms with Crippen LogP contribution in [0.15, 0.2) is 47.6 Å². The lowest BCUT2D eigenvalue weighted by atomic mass is 9.86. The third-order valence-electron chi connectivity index (χ3n) is 5.67. The van der Waals surface area contributed by atoms with Gasteiger partial charge >= 0.3 is 0 Å². The average molecular weight is 358 g/mol. The highest BCUT2D eigenvalue weighted by Crippen LogP contribution is 2.35. The first-order valence-electron chi connectivity index (χ1n) is 9.54. The number of aryl methyl sites for hydroxylation is 2. The van der Waals surface area contributed by atoms with E-state index in [4.69, 9.17) is 0 Å². The lowest BCUT2D eigenvalue weighted by molar-refractivity contribution is 0.0818. The molecule has 1 unspecified atom stereocenters. The Balaban J connectivity index is 1.67. The van der Waals surface area contributed by atoms with Crippen molar-refractivity contribution in [2.45, 2.75) is 52.5 Å². The van der Waals surface area contributed by atoms with Gasteiger partial charge in [-0.05, 0) is 59.2 Å². The van der Waals surface area contributed by atoms with Gasteiger partial charge in [-0.2, -0.15) is 0 Å². The van der Waals surface area contributed by atoms with Crippen molar-refractivity contribution in [1.29, 1.82) is 0 Å². The Morgan fingerprint density at radius 2 is 1.70 bits per heavy atom. The highest BCUT2D eigenvalue weighted by molar-refractivity contribution is 6.05. The summed E-state index contributed by atoms with van der Waals surface area (Å²) in [7, 11) is 0. The molecule has 3 heteroatoms. The summed E-state index contributed by atoms with van der Waals surface area (Å²) in [4.78, 5) is 19.6. The quantitative estimate of drug-likeness (QED) is 0.656. The van der Waals surface area contributed by atoms with Crippen LogP contribution < -0.4 is 0 Å². The first-order valence-corrected chi connectivity index (χ1v) is 9.54. The van der Waals surface area contributed by atoms with Crippen molar-refractivity contribution in [2.24, 2.45) is 4.99 Å². The van der Waals surface area contributed by atoms with Gasteiger partial charge in [-0.25, -0.2) is 0 Å². The summed E-state index contributed by atoms with van der Waals surface area (Å²) in [6.07, 6.45) is 4.73. The fraction of sp³-hybridized carbons (Fsp3) is 0.333. The molecule has 0 fully saturated rings. The zero-order valence-corrected chi connectivity index (χ0v) is 16.7. The molecule has 3 nitrogen and oxygen atoms in total. The maximum absolute atomic E-state index is 13.1. The molecule has 2 aromatic rings.